The van der Waals surface area contributed by atoms with Crippen LogP contribution in [-0.2, 0) is 6.54 Å². The van der Waals surface area contributed by atoms with E-state index in [1.807, 2.05) is 25.1 Å². The van der Waals surface area contributed by atoms with Gasteiger partial charge in [0.1, 0.15) is 0 Å². The fourth-order valence-electron chi connectivity index (χ4n) is 3.44. The van der Waals surface area contributed by atoms with E-state index in [4.69, 9.17) is 14.5 Å². The molecule has 2 aromatic carbocycles. The van der Waals surface area contributed by atoms with Crippen LogP contribution in [-0.4, -0.2) is 30.1 Å². The molecule has 0 aliphatic carbocycles. The van der Waals surface area contributed by atoms with Crippen molar-refractivity contribution in [1.29, 1.82) is 0 Å². The molecule has 4 rings (SSSR count). The smallest absolute Gasteiger partial charge is 0.264 e. The van der Waals surface area contributed by atoms with Crippen LogP contribution in [0.15, 0.2) is 54.7 Å². The highest BCUT2D eigenvalue weighted by molar-refractivity contribution is 7.22. The Hall–Kier alpha value is -3.45. The summed E-state index contributed by atoms with van der Waals surface area (Å²) in [5, 5.41) is 0.618. The SMILES string of the molecule is COc1cccc(C(=O)N(Cc2ccccn2)c2nc3c(C)ccc(C)c3s2)c1OC. The largest absolute Gasteiger partial charge is 0.493 e. The van der Waals surface area contributed by atoms with Gasteiger partial charge in [-0.25, -0.2) is 4.98 Å². The Morgan fingerprint density at radius 2 is 1.81 bits per heavy atom. The van der Waals surface area contributed by atoms with E-state index < -0.39 is 0 Å². The normalized spacial score (nSPS) is 10.8. The zero-order chi connectivity index (χ0) is 22.0. The predicted molar refractivity (Wildman–Crippen MR) is 123 cm³/mol. The van der Waals surface area contributed by atoms with Gasteiger partial charge in [0.05, 0.1) is 42.2 Å². The molecule has 2 heterocycles. The van der Waals surface area contributed by atoms with Gasteiger partial charge in [-0.05, 0) is 49.2 Å². The summed E-state index contributed by atoms with van der Waals surface area (Å²) in [5.74, 6) is 0.674. The number of amides is 1. The molecule has 0 aliphatic heterocycles. The predicted octanol–water partition coefficient (Wildman–Crippen LogP) is 5.17. The number of methoxy groups -OCH3 is 2. The minimum atomic E-state index is -0.226. The Kier molecular flexibility index (Phi) is 5.86. The Bertz CT molecular complexity index is 1200. The first-order valence-corrected chi connectivity index (χ1v) is 10.6. The number of rotatable bonds is 6. The summed E-state index contributed by atoms with van der Waals surface area (Å²) in [6.45, 7) is 4.37. The molecule has 0 fully saturated rings. The third kappa shape index (κ3) is 3.96. The number of para-hydroxylation sites is 1. The van der Waals surface area contributed by atoms with Crippen molar-refractivity contribution < 1.29 is 14.3 Å². The van der Waals surface area contributed by atoms with Crippen LogP contribution in [0.4, 0.5) is 5.13 Å². The molecule has 0 unspecified atom stereocenters. The van der Waals surface area contributed by atoms with E-state index in [-0.39, 0.29) is 12.5 Å². The Morgan fingerprint density at radius 1 is 1.00 bits per heavy atom. The summed E-state index contributed by atoms with van der Waals surface area (Å²) in [7, 11) is 3.08. The number of fused-ring (bicyclic) bond motifs is 1. The van der Waals surface area contributed by atoms with Crippen LogP contribution in [0.1, 0.15) is 27.2 Å². The van der Waals surface area contributed by atoms with E-state index >= 15 is 0 Å². The molecule has 0 atom stereocenters. The number of pyridine rings is 1. The number of ether oxygens (including phenoxy) is 2. The minimum absolute atomic E-state index is 0.226. The van der Waals surface area contributed by atoms with Gasteiger partial charge in [-0.3, -0.25) is 14.7 Å². The van der Waals surface area contributed by atoms with Crippen molar-refractivity contribution in [2.45, 2.75) is 20.4 Å². The Balaban J connectivity index is 1.85. The molecule has 0 aliphatic rings. The van der Waals surface area contributed by atoms with Gasteiger partial charge in [0.15, 0.2) is 16.6 Å². The number of thiazole rings is 1. The highest BCUT2D eigenvalue weighted by Crippen LogP contribution is 2.37. The third-order valence-electron chi connectivity index (χ3n) is 5.09. The lowest BCUT2D eigenvalue weighted by Crippen LogP contribution is -2.31. The number of aromatic nitrogens is 2. The quantitative estimate of drug-likeness (QED) is 0.420. The molecular formula is C24H23N3O3S. The molecule has 0 saturated carbocycles. The molecule has 7 heteroatoms. The van der Waals surface area contributed by atoms with Gasteiger partial charge in [-0.15, -0.1) is 0 Å². The van der Waals surface area contributed by atoms with Gasteiger partial charge in [-0.1, -0.05) is 35.6 Å². The van der Waals surface area contributed by atoms with Crippen molar-refractivity contribution in [2.75, 3.05) is 19.1 Å². The van der Waals surface area contributed by atoms with Gasteiger partial charge in [-0.2, -0.15) is 0 Å². The second kappa shape index (κ2) is 8.73. The summed E-state index contributed by atoms with van der Waals surface area (Å²) in [6.07, 6.45) is 1.72. The number of nitrogens with zero attached hydrogens (tertiary/aromatic N) is 3. The van der Waals surface area contributed by atoms with E-state index in [0.29, 0.717) is 22.2 Å². The lowest BCUT2D eigenvalue weighted by atomic mass is 10.1. The molecule has 158 valence electrons. The Labute approximate surface area is 185 Å². The van der Waals surface area contributed by atoms with E-state index in [2.05, 4.69) is 24.0 Å². The number of aryl methyl sites for hydroxylation is 2. The maximum atomic E-state index is 13.8. The van der Waals surface area contributed by atoms with Crippen LogP contribution >= 0.6 is 11.3 Å². The van der Waals surface area contributed by atoms with E-state index in [1.165, 1.54) is 18.4 Å². The maximum absolute atomic E-state index is 13.8. The molecule has 2 aromatic heterocycles. The molecule has 0 bridgehead atoms. The van der Waals surface area contributed by atoms with Crippen molar-refractivity contribution in [3.63, 3.8) is 0 Å². The molecule has 1 amide bonds. The number of carbonyl (C=O) groups excluding carboxylic acids is 1. The molecule has 0 radical (unpaired) electrons. The molecule has 31 heavy (non-hydrogen) atoms. The number of benzene rings is 2. The van der Waals surface area contributed by atoms with Gasteiger partial charge in [0, 0.05) is 6.20 Å². The van der Waals surface area contributed by atoms with Crippen molar-refractivity contribution >= 4 is 32.6 Å². The lowest BCUT2D eigenvalue weighted by Gasteiger charge is -2.21. The fourth-order valence-corrected chi connectivity index (χ4v) is 4.55. The van der Waals surface area contributed by atoms with E-state index in [1.54, 1.807) is 36.4 Å². The molecule has 0 spiro atoms. The average Bonchev–Trinajstić information content (AvgIpc) is 3.26. The summed E-state index contributed by atoms with van der Waals surface area (Å²) in [4.78, 5) is 24.7. The highest BCUT2D eigenvalue weighted by atomic mass is 32.1. The lowest BCUT2D eigenvalue weighted by molar-refractivity contribution is 0.0981. The van der Waals surface area contributed by atoms with Gasteiger partial charge >= 0.3 is 0 Å². The first kappa shape index (κ1) is 20.8. The first-order valence-electron chi connectivity index (χ1n) is 9.83. The van der Waals surface area contributed by atoms with Crippen LogP contribution in [0.5, 0.6) is 11.5 Å². The van der Waals surface area contributed by atoms with Crippen molar-refractivity contribution in [1.82, 2.24) is 9.97 Å². The second-order valence-electron chi connectivity index (χ2n) is 7.13. The average molecular weight is 434 g/mol. The monoisotopic (exact) mass is 433 g/mol. The van der Waals surface area contributed by atoms with Gasteiger partial charge in [0.25, 0.3) is 5.91 Å². The zero-order valence-corrected chi connectivity index (χ0v) is 18.7. The fraction of sp³-hybridized carbons (Fsp3) is 0.208. The zero-order valence-electron chi connectivity index (χ0n) is 17.9. The van der Waals surface area contributed by atoms with Gasteiger partial charge < -0.3 is 9.47 Å². The minimum Gasteiger partial charge on any atom is -0.493 e. The first-order chi connectivity index (χ1) is 15.0. The Morgan fingerprint density at radius 3 is 2.48 bits per heavy atom. The van der Waals surface area contributed by atoms with Crippen LogP contribution < -0.4 is 14.4 Å². The van der Waals surface area contributed by atoms with Crippen molar-refractivity contribution in [3.05, 3.63) is 77.1 Å². The second-order valence-corrected chi connectivity index (χ2v) is 8.10. The molecule has 0 saturated heterocycles. The number of hydrogen-bond acceptors (Lipinski definition) is 6. The summed E-state index contributed by atoms with van der Waals surface area (Å²) >= 11 is 1.51. The summed E-state index contributed by atoms with van der Waals surface area (Å²) in [6, 6.07) is 15.1. The van der Waals surface area contributed by atoms with Crippen LogP contribution in [0.3, 0.4) is 0 Å². The van der Waals surface area contributed by atoms with Crippen LogP contribution in [0.25, 0.3) is 10.2 Å². The molecule has 0 N–H and O–H groups in total. The summed E-state index contributed by atoms with van der Waals surface area (Å²) in [5.41, 5.74) is 4.30. The number of anilines is 1. The number of hydrogen-bond donors (Lipinski definition) is 0. The van der Waals surface area contributed by atoms with Crippen LogP contribution in [0.2, 0.25) is 0 Å². The van der Waals surface area contributed by atoms with Gasteiger partial charge in [0.2, 0.25) is 0 Å². The maximum Gasteiger partial charge on any atom is 0.264 e. The van der Waals surface area contributed by atoms with E-state index in [0.717, 1.165) is 27.0 Å². The number of carbonyl (C=O) groups is 1. The van der Waals surface area contributed by atoms with Crippen LogP contribution in [0, 0.1) is 13.8 Å². The summed E-state index contributed by atoms with van der Waals surface area (Å²) < 4.78 is 12.0. The van der Waals surface area contributed by atoms with E-state index in [9.17, 15) is 4.79 Å². The van der Waals surface area contributed by atoms with Crippen molar-refractivity contribution in [3.8, 4) is 11.5 Å². The standard InChI is InChI=1S/C24H23N3O3S/c1-15-11-12-16(2)22-20(15)26-24(31-22)27(14-17-8-5-6-13-25-17)23(28)18-9-7-10-19(29-3)21(18)30-4/h5-13H,14H2,1-4H3. The van der Waals surface area contributed by atoms with Crippen molar-refractivity contribution in [2.24, 2.45) is 0 Å². The third-order valence-corrected chi connectivity index (χ3v) is 6.30. The molecule has 6 nitrogen and oxygen atoms in total. The molecular weight excluding hydrogens is 410 g/mol. The highest BCUT2D eigenvalue weighted by Gasteiger charge is 2.26. The molecule has 4 aromatic rings. The topological polar surface area (TPSA) is 64.5 Å².